The summed E-state index contributed by atoms with van der Waals surface area (Å²) in [4.78, 5) is 4.60. The molecule has 2 heterocycles. The topological polar surface area (TPSA) is 26.0 Å². The van der Waals surface area contributed by atoms with Gasteiger partial charge in [-0.15, -0.1) is 0 Å². The smallest absolute Gasteiger partial charge is 0.144 e. The predicted molar refractivity (Wildman–Crippen MR) is 182 cm³/mol. The van der Waals surface area contributed by atoms with Gasteiger partial charge < -0.3 is 4.42 Å². The molecule has 0 bridgehead atoms. The summed E-state index contributed by atoms with van der Waals surface area (Å²) in [5.41, 5.74) is 2.69. The molecule has 0 radical (unpaired) electrons. The maximum atomic E-state index is 9.33. The number of hydrogen-bond acceptors (Lipinski definition) is 2. The molecule has 5 aromatic carbocycles. The number of rotatable bonds is 3. The lowest BCUT2D eigenvalue weighted by molar-refractivity contribution is 0.224. The van der Waals surface area contributed by atoms with Crippen LogP contribution < -0.4 is 0 Å². The summed E-state index contributed by atoms with van der Waals surface area (Å²) in [6, 6.07) is 26.8. The largest absolute Gasteiger partial charge is 0.455 e. The molecule has 1 aliphatic rings. The fourth-order valence-electron chi connectivity index (χ4n) is 6.75. The highest BCUT2D eigenvalue weighted by Gasteiger charge is 2.28. The van der Waals surface area contributed by atoms with Crippen LogP contribution in [-0.4, -0.2) is 4.98 Å². The van der Waals surface area contributed by atoms with Crippen LogP contribution in [0.3, 0.4) is 0 Å². The van der Waals surface area contributed by atoms with Gasteiger partial charge in [-0.3, -0.25) is 4.98 Å². The lowest BCUT2D eigenvalue weighted by atomic mass is 9.71. The molecule has 43 heavy (non-hydrogen) atoms. The van der Waals surface area contributed by atoms with Crippen LogP contribution in [0.4, 0.5) is 0 Å². The molecule has 0 saturated heterocycles. The summed E-state index contributed by atoms with van der Waals surface area (Å²) in [5.74, 6) is -1.03. The van der Waals surface area contributed by atoms with Crippen molar-refractivity contribution < 1.29 is 15.4 Å². The van der Waals surface area contributed by atoms with E-state index < -0.39 is 19.6 Å². The Morgan fingerprint density at radius 3 is 2.44 bits per heavy atom. The monoisotopic (exact) mass is 567 g/mol. The van der Waals surface area contributed by atoms with Crippen LogP contribution in [0.2, 0.25) is 0 Å². The Bertz CT molecular complexity index is 2520. The fourth-order valence-corrected chi connectivity index (χ4v) is 6.75. The lowest BCUT2D eigenvalue weighted by Gasteiger charge is -2.34. The first-order valence-electron chi connectivity index (χ1n) is 19.0. The number of fused-ring (bicyclic) bond motifs is 6. The van der Waals surface area contributed by atoms with Crippen LogP contribution in [0.1, 0.15) is 73.1 Å². The highest BCUT2D eigenvalue weighted by molar-refractivity contribution is 6.17. The zero-order valence-electron chi connectivity index (χ0n) is 32.3. The Hall–Kier alpha value is -4.43. The third-order valence-electron chi connectivity index (χ3n) is 9.37. The van der Waals surface area contributed by atoms with Crippen LogP contribution in [0.15, 0.2) is 102 Å². The molecule has 0 atom stereocenters. The zero-order valence-corrected chi connectivity index (χ0v) is 24.3. The van der Waals surface area contributed by atoms with Gasteiger partial charge in [0.05, 0.1) is 7.06 Å². The molecule has 0 aliphatic heterocycles. The normalized spacial score (nSPS) is 19.7. The standard InChI is InChI=1S/C41H37NO/c1-25-20-29(27-16-18-41(3,4)19-17-27)14-15-31(25)35-22-38(42-24-26(35)2)34-11-7-10-33-37-21-30-13-12-28-8-5-6-9-32(28)36(30)23-39(37)43-40(33)34/h5-15,20-24,27H,16-19H2,1-4H3/i1D3,2D3,15D,27D. The molecule has 2 heteroatoms. The fraction of sp³-hybridized carbons (Fsp3) is 0.244. The molecule has 212 valence electrons. The predicted octanol–water partition coefficient (Wildman–Crippen LogP) is 11.9. The van der Waals surface area contributed by atoms with Gasteiger partial charge in [0.15, 0.2) is 0 Å². The number of aryl methyl sites for hydroxylation is 2. The van der Waals surface area contributed by atoms with Gasteiger partial charge in [0.1, 0.15) is 11.2 Å². The second-order valence-corrected chi connectivity index (χ2v) is 12.7. The first kappa shape index (κ1) is 19.0. The molecule has 7 aromatic rings. The Labute approximate surface area is 264 Å². The van der Waals surface area contributed by atoms with Crippen LogP contribution in [0.25, 0.3) is 65.9 Å². The molecule has 1 fully saturated rings. The van der Waals surface area contributed by atoms with Gasteiger partial charge >= 0.3 is 0 Å². The van der Waals surface area contributed by atoms with E-state index in [1.165, 1.54) is 12.3 Å². The summed E-state index contributed by atoms with van der Waals surface area (Å²) < 4.78 is 75.9. The van der Waals surface area contributed by atoms with Gasteiger partial charge in [0.25, 0.3) is 0 Å². The SMILES string of the molecule is [2H]c1cc(C2([2H])CCC(C)(C)CC2)cc(C([2H])([2H])[2H])c1-c1cc(-c2cccc3c2oc2cc4c(ccc5ccccc54)cc23)ncc1C([2H])([2H])[2H]. The maximum absolute atomic E-state index is 9.33. The molecule has 0 unspecified atom stereocenters. The van der Waals surface area contributed by atoms with E-state index >= 15 is 0 Å². The van der Waals surface area contributed by atoms with E-state index in [9.17, 15) is 2.74 Å². The molecule has 1 saturated carbocycles. The molecule has 0 amide bonds. The van der Waals surface area contributed by atoms with Crippen molar-refractivity contribution in [3.8, 4) is 22.4 Å². The number of pyridine rings is 1. The third kappa shape index (κ3) is 4.43. The Morgan fingerprint density at radius 2 is 1.58 bits per heavy atom. The van der Waals surface area contributed by atoms with Crippen LogP contribution in [0.5, 0.6) is 0 Å². The zero-order chi connectivity index (χ0) is 36.1. The summed E-state index contributed by atoms with van der Waals surface area (Å²) in [6.45, 7) is -0.970. The van der Waals surface area contributed by atoms with Crippen molar-refractivity contribution in [3.63, 3.8) is 0 Å². The van der Waals surface area contributed by atoms with Crippen molar-refractivity contribution in [1.29, 1.82) is 0 Å². The summed E-state index contributed by atoms with van der Waals surface area (Å²) in [7, 11) is 0. The molecule has 1 aliphatic carbocycles. The number of para-hydroxylation sites is 1. The molecule has 0 spiro atoms. The molecule has 8 rings (SSSR count). The number of furan rings is 1. The van der Waals surface area contributed by atoms with E-state index in [1.54, 1.807) is 12.1 Å². The van der Waals surface area contributed by atoms with Crippen molar-refractivity contribution in [1.82, 2.24) is 4.98 Å². The summed E-state index contributed by atoms with van der Waals surface area (Å²) in [5, 5.41) is 6.19. The Kier molecular flexibility index (Phi) is 4.33. The van der Waals surface area contributed by atoms with Crippen LogP contribution >= 0.6 is 0 Å². The molecule has 2 aromatic heterocycles. The van der Waals surface area contributed by atoms with Gasteiger partial charge in [-0.05, 0) is 124 Å². The second-order valence-electron chi connectivity index (χ2n) is 12.7. The van der Waals surface area contributed by atoms with Crippen molar-refractivity contribution in [2.45, 2.75) is 59.1 Å². The third-order valence-corrected chi connectivity index (χ3v) is 9.37. The van der Waals surface area contributed by atoms with Crippen molar-refractivity contribution in [3.05, 3.63) is 114 Å². The van der Waals surface area contributed by atoms with Crippen molar-refractivity contribution in [2.75, 3.05) is 0 Å². The van der Waals surface area contributed by atoms with E-state index in [1.807, 2.05) is 30.3 Å². The number of aromatic nitrogens is 1. The van der Waals surface area contributed by atoms with Gasteiger partial charge in [-0.25, -0.2) is 0 Å². The molecular formula is C41H37NO. The number of hydrogen-bond donors (Lipinski definition) is 0. The van der Waals surface area contributed by atoms with E-state index in [-0.39, 0.29) is 33.7 Å². The van der Waals surface area contributed by atoms with Crippen LogP contribution in [-0.2, 0) is 0 Å². The van der Waals surface area contributed by atoms with Crippen molar-refractivity contribution in [2.24, 2.45) is 5.41 Å². The first-order chi connectivity index (χ1) is 24.0. The Morgan fingerprint density at radius 1 is 0.767 bits per heavy atom. The minimum absolute atomic E-state index is 0.0168. The average Bonchev–Trinajstić information content (AvgIpc) is 3.45. The van der Waals surface area contributed by atoms with E-state index in [2.05, 4.69) is 55.2 Å². The lowest BCUT2D eigenvalue weighted by Crippen LogP contribution is -2.20. The van der Waals surface area contributed by atoms with Crippen molar-refractivity contribution >= 4 is 43.5 Å². The van der Waals surface area contributed by atoms with Gasteiger partial charge in [-0.2, -0.15) is 0 Å². The van der Waals surface area contributed by atoms with Gasteiger partial charge in [0.2, 0.25) is 0 Å². The second kappa shape index (κ2) is 9.81. The van der Waals surface area contributed by atoms with E-state index in [0.29, 0.717) is 40.8 Å². The highest BCUT2D eigenvalue weighted by Crippen LogP contribution is 2.44. The Balaban J connectivity index is 1.33. The molecule has 0 N–H and O–H groups in total. The van der Waals surface area contributed by atoms with Gasteiger partial charge in [-0.1, -0.05) is 80.6 Å². The van der Waals surface area contributed by atoms with E-state index in [4.69, 9.17) is 12.6 Å². The first-order valence-corrected chi connectivity index (χ1v) is 15.0. The highest BCUT2D eigenvalue weighted by atomic mass is 16.3. The summed E-state index contributed by atoms with van der Waals surface area (Å²) in [6.07, 6.45) is 3.99. The molecule has 2 nitrogen and oxygen atoms in total. The molecular weight excluding hydrogens is 522 g/mol. The number of benzene rings is 5. The minimum atomic E-state index is -2.67. The van der Waals surface area contributed by atoms with Gasteiger partial charge in [0, 0.05) is 32.1 Å². The minimum Gasteiger partial charge on any atom is -0.455 e. The average molecular weight is 568 g/mol. The van der Waals surface area contributed by atoms with E-state index in [0.717, 1.165) is 45.2 Å². The maximum Gasteiger partial charge on any atom is 0.144 e. The quantitative estimate of drug-likeness (QED) is 0.198. The van der Waals surface area contributed by atoms with Crippen LogP contribution in [0, 0.1) is 19.1 Å². The summed E-state index contributed by atoms with van der Waals surface area (Å²) >= 11 is 0. The number of nitrogens with zero attached hydrogens (tertiary/aromatic N) is 1.